The molecule has 0 bridgehead atoms. The number of carbonyl (C=O) groups is 1. The average molecular weight is 603 g/mol. The summed E-state index contributed by atoms with van der Waals surface area (Å²) in [5.74, 6) is -4.75. The highest BCUT2D eigenvalue weighted by molar-refractivity contribution is 14.1. The fourth-order valence-electron chi connectivity index (χ4n) is 2.80. The molecule has 3 aromatic rings. The molecule has 7 nitrogen and oxygen atoms in total. The largest absolute Gasteiger partial charge is 0.465 e. The minimum Gasteiger partial charge on any atom is -0.465 e. The van der Waals surface area contributed by atoms with Gasteiger partial charge in [-0.3, -0.25) is 0 Å². The highest BCUT2D eigenvalue weighted by atomic mass is 127. The number of halogens is 4. The molecule has 0 unspecified atom stereocenters. The summed E-state index contributed by atoms with van der Waals surface area (Å²) >= 11 is 1.90. The average Bonchev–Trinajstić information content (AvgIpc) is 2.80. The van der Waals surface area contributed by atoms with Crippen LogP contribution in [-0.2, 0) is 14.8 Å². The Hall–Kier alpha value is -3.13. The van der Waals surface area contributed by atoms with Crippen molar-refractivity contribution in [2.75, 3.05) is 12.4 Å². The van der Waals surface area contributed by atoms with Crippen LogP contribution in [0.15, 0.2) is 58.5 Å². The molecule has 0 aliphatic rings. The van der Waals surface area contributed by atoms with E-state index >= 15 is 0 Å². The number of hydrogen-bond acceptors (Lipinski definition) is 6. The van der Waals surface area contributed by atoms with Crippen LogP contribution in [0.1, 0.15) is 21.5 Å². The number of anilines is 2. The van der Waals surface area contributed by atoms with Crippen molar-refractivity contribution in [3.63, 3.8) is 0 Å². The molecule has 178 valence electrons. The molecule has 0 saturated carbocycles. The van der Waals surface area contributed by atoms with Gasteiger partial charge in [0.05, 0.1) is 35.2 Å². The highest BCUT2D eigenvalue weighted by Gasteiger charge is 2.24. The van der Waals surface area contributed by atoms with Crippen LogP contribution in [0.2, 0.25) is 0 Å². The van der Waals surface area contributed by atoms with Gasteiger partial charge in [-0.2, -0.15) is 13.5 Å². The van der Waals surface area contributed by atoms with Gasteiger partial charge in [-0.1, -0.05) is 17.7 Å². The van der Waals surface area contributed by atoms with Crippen molar-refractivity contribution in [3.05, 3.63) is 86.2 Å². The summed E-state index contributed by atoms with van der Waals surface area (Å²) in [5.41, 5.74) is -1.000. The molecule has 2 N–H and O–H groups in total. The molecule has 0 radical (unpaired) electrons. The van der Waals surface area contributed by atoms with Crippen LogP contribution in [-0.4, -0.2) is 27.7 Å². The lowest BCUT2D eigenvalue weighted by Crippen LogP contribution is -2.18. The smallest absolute Gasteiger partial charge is 0.340 e. The first-order valence-corrected chi connectivity index (χ1v) is 12.0. The number of nitrogens with zero attached hydrogens (tertiary/aromatic N) is 1. The Balaban J connectivity index is 1.97. The fourth-order valence-corrected chi connectivity index (χ4v) is 4.08. The van der Waals surface area contributed by atoms with Crippen LogP contribution in [0.3, 0.4) is 0 Å². The predicted octanol–water partition coefficient (Wildman–Crippen LogP) is 4.86. The molecule has 0 atom stereocenters. The molecule has 0 fully saturated rings. The normalized spacial score (nSPS) is 11.5. The first-order chi connectivity index (χ1) is 16.0. The molecule has 0 amide bonds. The van der Waals surface area contributed by atoms with Crippen molar-refractivity contribution in [1.29, 1.82) is 0 Å². The lowest BCUT2D eigenvalue weighted by molar-refractivity contribution is 0.0601. The number of carbonyl (C=O) groups excluding carboxylic acids is 1. The van der Waals surface area contributed by atoms with Gasteiger partial charge in [0, 0.05) is 9.13 Å². The maximum atomic E-state index is 14.9. The van der Waals surface area contributed by atoms with E-state index in [1.165, 1.54) is 24.3 Å². The summed E-state index contributed by atoms with van der Waals surface area (Å²) in [5, 5.41) is 5.86. The second kappa shape index (κ2) is 10.4. The zero-order chi connectivity index (χ0) is 25.0. The molecular weight excluding hydrogens is 586 g/mol. The van der Waals surface area contributed by atoms with E-state index in [0.29, 0.717) is 9.78 Å². The topological polar surface area (TPSA) is 96.9 Å². The Morgan fingerprint density at radius 1 is 1.06 bits per heavy atom. The molecule has 0 aliphatic carbocycles. The van der Waals surface area contributed by atoms with Crippen LogP contribution < -0.4 is 10.1 Å². The Morgan fingerprint density at radius 2 is 1.74 bits per heavy atom. The van der Waals surface area contributed by atoms with E-state index in [0.717, 1.165) is 24.8 Å². The van der Waals surface area contributed by atoms with Crippen LogP contribution >= 0.6 is 22.6 Å². The van der Waals surface area contributed by atoms with Crippen LogP contribution in [0.25, 0.3) is 0 Å². The molecular formula is C22H17F3IN3O4S. The van der Waals surface area contributed by atoms with E-state index in [4.69, 9.17) is 0 Å². The third kappa shape index (κ3) is 5.67. The van der Waals surface area contributed by atoms with Crippen molar-refractivity contribution >= 4 is 56.2 Å². The molecule has 3 aromatic carbocycles. The van der Waals surface area contributed by atoms with E-state index in [2.05, 4.69) is 15.2 Å². The summed E-state index contributed by atoms with van der Waals surface area (Å²) in [6, 6.07) is 10.7. The monoisotopic (exact) mass is 603 g/mol. The quantitative estimate of drug-likeness (QED) is 0.174. The van der Waals surface area contributed by atoms with E-state index in [-0.39, 0.29) is 10.6 Å². The number of hydrogen-bond donors (Lipinski definition) is 2. The summed E-state index contributed by atoms with van der Waals surface area (Å²) in [7, 11) is -3.04. The summed E-state index contributed by atoms with van der Waals surface area (Å²) in [6.45, 7) is 1.78. The summed E-state index contributed by atoms with van der Waals surface area (Å²) < 4.78 is 73.7. The number of benzene rings is 3. The number of methoxy groups -OCH3 is 1. The molecule has 3 rings (SSSR count). The van der Waals surface area contributed by atoms with Crippen molar-refractivity contribution in [2.24, 2.45) is 5.10 Å². The third-order valence-electron chi connectivity index (χ3n) is 4.54. The van der Waals surface area contributed by atoms with Crippen LogP contribution in [0.4, 0.5) is 24.5 Å². The number of aryl methyl sites for hydroxylation is 1. The van der Waals surface area contributed by atoms with E-state index in [1.54, 1.807) is 19.1 Å². The first kappa shape index (κ1) is 25.5. The Labute approximate surface area is 207 Å². The minimum absolute atomic E-state index is 0.0868. The van der Waals surface area contributed by atoms with E-state index < -0.39 is 50.3 Å². The maximum absolute atomic E-state index is 14.9. The molecule has 0 heterocycles. The number of sulfonamides is 1. The SMILES string of the molecule is COC(=O)c1cc(/C=N/NS(=O)(=O)c2ccc(C)cc2)c(F)c(F)c1Nc1cc(I)ccc1F. The molecule has 0 aliphatic heterocycles. The fraction of sp³-hybridized carbons (Fsp3) is 0.0909. The Morgan fingerprint density at radius 3 is 2.38 bits per heavy atom. The Bertz CT molecular complexity index is 1380. The highest BCUT2D eigenvalue weighted by Crippen LogP contribution is 2.30. The van der Waals surface area contributed by atoms with Gasteiger partial charge in [0.1, 0.15) is 5.82 Å². The van der Waals surface area contributed by atoms with Gasteiger partial charge in [-0.05, 0) is 65.9 Å². The van der Waals surface area contributed by atoms with E-state index in [1.807, 2.05) is 27.4 Å². The first-order valence-electron chi connectivity index (χ1n) is 9.47. The van der Waals surface area contributed by atoms with Gasteiger partial charge in [0.25, 0.3) is 10.0 Å². The number of ether oxygens (including phenoxy) is 1. The summed E-state index contributed by atoms with van der Waals surface area (Å²) in [6.07, 6.45) is 0.701. The molecule has 0 aromatic heterocycles. The number of nitrogens with one attached hydrogen (secondary N) is 2. The van der Waals surface area contributed by atoms with Crippen molar-refractivity contribution in [3.8, 4) is 0 Å². The number of esters is 1. The van der Waals surface area contributed by atoms with Gasteiger partial charge in [-0.15, -0.1) is 0 Å². The second-order valence-corrected chi connectivity index (χ2v) is 9.83. The minimum atomic E-state index is -4.07. The van der Waals surface area contributed by atoms with Crippen molar-refractivity contribution < 1.29 is 31.1 Å². The molecule has 0 saturated heterocycles. The lowest BCUT2D eigenvalue weighted by atomic mass is 10.1. The predicted molar refractivity (Wildman–Crippen MR) is 129 cm³/mol. The van der Waals surface area contributed by atoms with Gasteiger partial charge in [-0.25, -0.2) is 22.8 Å². The number of rotatable bonds is 7. The molecule has 12 heteroatoms. The van der Waals surface area contributed by atoms with Gasteiger partial charge in [0.15, 0.2) is 11.6 Å². The summed E-state index contributed by atoms with van der Waals surface area (Å²) in [4.78, 5) is 14.0. The van der Waals surface area contributed by atoms with Gasteiger partial charge < -0.3 is 10.1 Å². The zero-order valence-corrected chi connectivity index (χ0v) is 20.7. The van der Waals surface area contributed by atoms with Gasteiger partial charge >= 0.3 is 5.97 Å². The lowest BCUT2D eigenvalue weighted by Gasteiger charge is -2.15. The molecule has 34 heavy (non-hydrogen) atoms. The third-order valence-corrected chi connectivity index (χ3v) is 6.45. The van der Waals surface area contributed by atoms with Crippen LogP contribution in [0, 0.1) is 27.9 Å². The second-order valence-electron chi connectivity index (χ2n) is 6.92. The molecule has 0 spiro atoms. The Kier molecular flexibility index (Phi) is 7.82. The van der Waals surface area contributed by atoms with Gasteiger partial charge in [0.2, 0.25) is 0 Å². The van der Waals surface area contributed by atoms with E-state index in [9.17, 15) is 26.4 Å². The van der Waals surface area contributed by atoms with Crippen molar-refractivity contribution in [2.45, 2.75) is 11.8 Å². The number of hydrazone groups is 1. The zero-order valence-electron chi connectivity index (χ0n) is 17.7. The van der Waals surface area contributed by atoms with Crippen LogP contribution in [0.5, 0.6) is 0 Å². The van der Waals surface area contributed by atoms with Crippen molar-refractivity contribution in [1.82, 2.24) is 4.83 Å². The maximum Gasteiger partial charge on any atom is 0.340 e. The standard InChI is InChI=1S/C22H17F3IN3O4S/c1-12-3-6-15(7-4-12)34(31,32)29-27-11-13-9-16(22(30)33-2)21(20(25)19(13)24)28-18-10-14(26)5-8-17(18)23/h3-11,28-29H,1-2H3/b27-11+.